The van der Waals surface area contributed by atoms with Gasteiger partial charge in [0.05, 0.1) is 13.7 Å². The van der Waals surface area contributed by atoms with Gasteiger partial charge in [-0.3, -0.25) is 4.79 Å². The Morgan fingerprint density at radius 3 is 2.59 bits per heavy atom. The van der Waals surface area contributed by atoms with Gasteiger partial charge in [-0.25, -0.2) is 0 Å². The van der Waals surface area contributed by atoms with Gasteiger partial charge in [0.15, 0.2) is 11.5 Å². The maximum atomic E-state index is 12.2. The smallest absolute Gasteiger partial charge is 0.248 e. The van der Waals surface area contributed by atoms with Gasteiger partial charge in [0.1, 0.15) is 0 Å². The second-order valence-electron chi connectivity index (χ2n) is 6.79. The summed E-state index contributed by atoms with van der Waals surface area (Å²) in [6.07, 6.45) is 6.60. The number of hydrogen-bond donors (Lipinski definition) is 1. The second-order valence-corrected chi connectivity index (χ2v) is 7.57. The fourth-order valence-electron chi connectivity index (χ4n) is 3.03. The lowest BCUT2D eigenvalue weighted by Gasteiger charge is -2.21. The number of anilines is 1. The van der Waals surface area contributed by atoms with E-state index in [0.717, 1.165) is 44.5 Å². The van der Waals surface area contributed by atoms with Crippen LogP contribution in [0.15, 0.2) is 41.1 Å². The van der Waals surface area contributed by atoms with Crippen molar-refractivity contribution in [2.24, 2.45) is 0 Å². The second kappa shape index (κ2) is 13.0. The van der Waals surface area contributed by atoms with Gasteiger partial charge < -0.3 is 19.7 Å². The lowest BCUT2D eigenvalue weighted by atomic mass is 10.2. The molecule has 1 heterocycles. The monoisotopic (exact) mass is 416 g/mol. The Kier molecular flexibility index (Phi) is 10.3. The van der Waals surface area contributed by atoms with Gasteiger partial charge in [-0.05, 0) is 73.0 Å². The number of carbonyl (C=O) groups is 1. The highest BCUT2D eigenvalue weighted by molar-refractivity contribution is 7.08. The van der Waals surface area contributed by atoms with Crippen LogP contribution in [0.4, 0.5) is 5.69 Å². The van der Waals surface area contributed by atoms with Crippen LogP contribution in [0.5, 0.6) is 11.5 Å². The average Bonchev–Trinajstić information content (AvgIpc) is 3.24. The molecule has 1 N–H and O–H groups in total. The minimum Gasteiger partial charge on any atom is -0.493 e. The van der Waals surface area contributed by atoms with E-state index >= 15 is 0 Å². The minimum absolute atomic E-state index is 0.179. The highest BCUT2D eigenvalue weighted by atomic mass is 32.1. The molecule has 0 spiro atoms. The molecule has 0 atom stereocenters. The standard InChI is InChI=1S/C23H32N2O3S/c1-4-12-25(13-5-2)14-6-15-28-22-17-20(8-9-21(22)27-3)24-23(26)10-7-19-11-16-29-18-19/h7-11,16-18H,4-6,12-15H2,1-3H3,(H,24,26). The predicted octanol–water partition coefficient (Wildman–Crippen LogP) is 5.30. The summed E-state index contributed by atoms with van der Waals surface area (Å²) in [5.74, 6) is 1.13. The Morgan fingerprint density at radius 1 is 1.14 bits per heavy atom. The largest absolute Gasteiger partial charge is 0.493 e. The van der Waals surface area contributed by atoms with Crippen molar-refractivity contribution in [2.75, 3.05) is 38.7 Å². The van der Waals surface area contributed by atoms with E-state index in [4.69, 9.17) is 9.47 Å². The molecule has 1 aromatic heterocycles. The minimum atomic E-state index is -0.179. The lowest BCUT2D eigenvalue weighted by molar-refractivity contribution is -0.111. The Morgan fingerprint density at radius 2 is 1.93 bits per heavy atom. The Labute approximate surface area is 178 Å². The molecule has 0 radical (unpaired) electrons. The van der Waals surface area contributed by atoms with Crippen LogP contribution < -0.4 is 14.8 Å². The number of carbonyl (C=O) groups excluding carboxylic acids is 1. The first-order chi connectivity index (χ1) is 14.2. The van der Waals surface area contributed by atoms with Crippen LogP contribution in [0.25, 0.3) is 6.08 Å². The van der Waals surface area contributed by atoms with Crippen molar-refractivity contribution in [3.63, 3.8) is 0 Å². The van der Waals surface area contributed by atoms with E-state index in [2.05, 4.69) is 24.1 Å². The number of methoxy groups -OCH3 is 1. The first-order valence-corrected chi connectivity index (χ1v) is 11.1. The summed E-state index contributed by atoms with van der Waals surface area (Å²) in [7, 11) is 1.62. The molecule has 0 bridgehead atoms. The van der Waals surface area contributed by atoms with Gasteiger partial charge >= 0.3 is 0 Å². The van der Waals surface area contributed by atoms with Gasteiger partial charge in [0.2, 0.25) is 5.91 Å². The topological polar surface area (TPSA) is 50.8 Å². The van der Waals surface area contributed by atoms with Crippen molar-refractivity contribution in [3.8, 4) is 11.5 Å². The number of ether oxygens (including phenoxy) is 2. The van der Waals surface area contributed by atoms with Gasteiger partial charge in [-0.15, -0.1) is 0 Å². The summed E-state index contributed by atoms with van der Waals surface area (Å²) in [5, 5.41) is 6.84. The van der Waals surface area contributed by atoms with Crippen LogP contribution in [0.2, 0.25) is 0 Å². The van der Waals surface area contributed by atoms with Gasteiger partial charge in [-0.2, -0.15) is 11.3 Å². The van der Waals surface area contributed by atoms with Crippen molar-refractivity contribution in [2.45, 2.75) is 33.1 Å². The number of benzene rings is 1. The Bertz CT molecular complexity index is 753. The van der Waals surface area contributed by atoms with Crippen molar-refractivity contribution >= 4 is 29.0 Å². The molecule has 158 valence electrons. The quantitative estimate of drug-likeness (QED) is 0.356. The molecule has 2 aromatic rings. The number of nitrogens with one attached hydrogen (secondary N) is 1. The maximum Gasteiger partial charge on any atom is 0.248 e. The van der Waals surface area contributed by atoms with Crippen LogP contribution in [0.1, 0.15) is 38.7 Å². The predicted molar refractivity (Wildman–Crippen MR) is 122 cm³/mol. The molecule has 1 aromatic carbocycles. The first kappa shape index (κ1) is 23.0. The molecule has 5 nitrogen and oxygen atoms in total. The van der Waals surface area contributed by atoms with Crippen molar-refractivity contribution in [3.05, 3.63) is 46.7 Å². The van der Waals surface area contributed by atoms with E-state index in [9.17, 15) is 4.79 Å². The molecule has 1 amide bonds. The highest BCUT2D eigenvalue weighted by Gasteiger charge is 2.08. The van der Waals surface area contributed by atoms with Crippen LogP contribution in [0, 0.1) is 0 Å². The fraction of sp³-hybridized carbons (Fsp3) is 0.435. The molecule has 0 saturated carbocycles. The zero-order valence-corrected chi connectivity index (χ0v) is 18.5. The van der Waals surface area contributed by atoms with Crippen molar-refractivity contribution in [1.29, 1.82) is 0 Å². The molecule has 29 heavy (non-hydrogen) atoms. The van der Waals surface area contributed by atoms with Gasteiger partial charge in [-0.1, -0.05) is 13.8 Å². The summed E-state index contributed by atoms with van der Waals surface area (Å²) in [6, 6.07) is 7.40. The zero-order chi connectivity index (χ0) is 20.9. The molecule has 2 rings (SSSR count). The molecule has 0 aliphatic carbocycles. The lowest BCUT2D eigenvalue weighted by Crippen LogP contribution is -2.27. The molecule has 6 heteroatoms. The van der Waals surface area contributed by atoms with Crippen LogP contribution >= 0.6 is 11.3 Å². The third kappa shape index (κ3) is 8.30. The third-order valence-electron chi connectivity index (χ3n) is 4.36. The zero-order valence-electron chi connectivity index (χ0n) is 17.6. The Balaban J connectivity index is 1.89. The molecule has 0 aliphatic rings. The first-order valence-electron chi connectivity index (χ1n) is 10.2. The summed E-state index contributed by atoms with van der Waals surface area (Å²) >= 11 is 1.60. The van der Waals surface area contributed by atoms with Gasteiger partial charge in [0.25, 0.3) is 0 Å². The molecular formula is C23H32N2O3S. The maximum absolute atomic E-state index is 12.2. The van der Waals surface area contributed by atoms with Crippen LogP contribution in [-0.4, -0.2) is 44.2 Å². The summed E-state index contributed by atoms with van der Waals surface area (Å²) in [5.41, 5.74) is 1.70. The highest BCUT2D eigenvalue weighted by Crippen LogP contribution is 2.30. The number of amides is 1. The molecule has 0 fully saturated rings. The summed E-state index contributed by atoms with van der Waals surface area (Å²) in [4.78, 5) is 14.6. The summed E-state index contributed by atoms with van der Waals surface area (Å²) < 4.78 is 11.4. The van der Waals surface area contributed by atoms with E-state index in [1.807, 2.05) is 35.0 Å². The van der Waals surface area contributed by atoms with Crippen molar-refractivity contribution < 1.29 is 14.3 Å². The number of rotatable bonds is 13. The van der Waals surface area contributed by atoms with E-state index < -0.39 is 0 Å². The molecular weight excluding hydrogens is 384 g/mol. The van der Waals surface area contributed by atoms with Crippen LogP contribution in [-0.2, 0) is 4.79 Å². The normalized spacial score (nSPS) is 11.2. The van der Waals surface area contributed by atoms with E-state index in [0.29, 0.717) is 23.8 Å². The average molecular weight is 417 g/mol. The Hall–Kier alpha value is -2.31. The van der Waals surface area contributed by atoms with Crippen molar-refractivity contribution in [1.82, 2.24) is 4.90 Å². The fourth-order valence-corrected chi connectivity index (χ4v) is 3.66. The third-order valence-corrected chi connectivity index (χ3v) is 5.06. The van der Waals surface area contributed by atoms with Gasteiger partial charge in [0, 0.05) is 24.4 Å². The molecule has 0 unspecified atom stereocenters. The SMILES string of the molecule is CCCN(CCC)CCCOc1cc(NC(=O)C=Cc2ccsc2)ccc1OC. The number of hydrogen-bond acceptors (Lipinski definition) is 5. The number of nitrogens with zero attached hydrogens (tertiary/aromatic N) is 1. The van der Waals surface area contributed by atoms with E-state index in [1.165, 1.54) is 6.08 Å². The number of thiophene rings is 1. The van der Waals surface area contributed by atoms with E-state index in [1.54, 1.807) is 24.5 Å². The molecule has 0 saturated heterocycles. The molecule has 0 aliphatic heterocycles. The van der Waals surface area contributed by atoms with Crippen LogP contribution in [0.3, 0.4) is 0 Å². The summed E-state index contributed by atoms with van der Waals surface area (Å²) in [6.45, 7) is 8.29. The van der Waals surface area contributed by atoms with E-state index in [-0.39, 0.29) is 5.91 Å².